The van der Waals surface area contributed by atoms with Crippen LogP contribution in [-0.4, -0.2) is 6.04 Å². The Labute approximate surface area is 131 Å². The molecule has 1 aromatic carbocycles. The van der Waals surface area contributed by atoms with Crippen LogP contribution in [0, 0.1) is 5.82 Å². The summed E-state index contributed by atoms with van der Waals surface area (Å²) >= 11 is 5.32. The standard InChI is InChI=1S/C16H17BrFNS/c17-14-5-4-11(18)8-10(14)9-15(19)12-2-1-3-16-13(12)6-7-20-16/h4-8,12,15H,1-3,9,19H2. The molecule has 2 unspecified atom stereocenters. The van der Waals surface area contributed by atoms with Gasteiger partial charge in [-0.1, -0.05) is 15.9 Å². The fourth-order valence-electron chi connectivity index (χ4n) is 3.06. The average molecular weight is 354 g/mol. The Kier molecular flexibility index (Phi) is 4.24. The highest BCUT2D eigenvalue weighted by atomic mass is 79.9. The molecule has 0 spiro atoms. The van der Waals surface area contributed by atoms with E-state index in [9.17, 15) is 4.39 Å². The second-order valence-corrected chi connectivity index (χ2v) is 7.26. The third-order valence-corrected chi connectivity index (χ3v) is 5.85. The highest BCUT2D eigenvalue weighted by molar-refractivity contribution is 9.10. The SMILES string of the molecule is NC(Cc1cc(F)ccc1Br)C1CCCc2sccc21. The van der Waals surface area contributed by atoms with Crippen molar-refractivity contribution in [2.24, 2.45) is 5.73 Å². The van der Waals surface area contributed by atoms with Gasteiger partial charge in [-0.3, -0.25) is 0 Å². The van der Waals surface area contributed by atoms with E-state index in [1.807, 2.05) is 11.3 Å². The molecule has 1 aliphatic rings. The van der Waals surface area contributed by atoms with Crippen LogP contribution in [-0.2, 0) is 12.8 Å². The molecule has 20 heavy (non-hydrogen) atoms. The summed E-state index contributed by atoms with van der Waals surface area (Å²) < 4.78 is 14.3. The van der Waals surface area contributed by atoms with Crippen LogP contribution in [0.1, 0.15) is 34.8 Å². The van der Waals surface area contributed by atoms with Crippen LogP contribution in [0.5, 0.6) is 0 Å². The quantitative estimate of drug-likeness (QED) is 0.854. The zero-order valence-electron chi connectivity index (χ0n) is 11.1. The van der Waals surface area contributed by atoms with E-state index in [-0.39, 0.29) is 11.9 Å². The summed E-state index contributed by atoms with van der Waals surface area (Å²) in [5, 5.41) is 2.16. The maximum atomic E-state index is 13.4. The maximum Gasteiger partial charge on any atom is 0.123 e. The van der Waals surface area contributed by atoms with Gasteiger partial charge in [-0.25, -0.2) is 4.39 Å². The van der Waals surface area contributed by atoms with Crippen molar-refractivity contribution in [3.8, 4) is 0 Å². The van der Waals surface area contributed by atoms with Gasteiger partial charge >= 0.3 is 0 Å². The smallest absolute Gasteiger partial charge is 0.123 e. The predicted molar refractivity (Wildman–Crippen MR) is 85.8 cm³/mol. The predicted octanol–water partition coefficient (Wildman–Crippen LogP) is 4.64. The molecule has 1 nitrogen and oxygen atoms in total. The highest BCUT2D eigenvalue weighted by Crippen LogP contribution is 2.37. The second-order valence-electron chi connectivity index (χ2n) is 5.40. The molecular weight excluding hydrogens is 337 g/mol. The van der Waals surface area contributed by atoms with Gasteiger partial charge in [0, 0.05) is 21.3 Å². The highest BCUT2D eigenvalue weighted by Gasteiger charge is 2.26. The second kappa shape index (κ2) is 5.96. The van der Waals surface area contributed by atoms with Crippen LogP contribution in [0.4, 0.5) is 4.39 Å². The molecule has 0 fully saturated rings. The molecule has 0 amide bonds. The van der Waals surface area contributed by atoms with Crippen molar-refractivity contribution in [2.45, 2.75) is 37.6 Å². The minimum absolute atomic E-state index is 0.0433. The Morgan fingerprint density at radius 2 is 2.25 bits per heavy atom. The molecular formula is C16H17BrFNS. The number of aryl methyl sites for hydroxylation is 1. The van der Waals surface area contributed by atoms with E-state index in [4.69, 9.17) is 5.73 Å². The summed E-state index contributed by atoms with van der Waals surface area (Å²) in [5.41, 5.74) is 8.81. The number of halogens is 2. The number of fused-ring (bicyclic) bond motifs is 1. The molecule has 3 rings (SSSR count). The van der Waals surface area contributed by atoms with Crippen LogP contribution in [0.3, 0.4) is 0 Å². The molecule has 4 heteroatoms. The normalized spacial score (nSPS) is 19.6. The third-order valence-electron chi connectivity index (χ3n) is 4.08. The lowest BCUT2D eigenvalue weighted by Crippen LogP contribution is -2.32. The molecule has 1 aromatic heterocycles. The summed E-state index contributed by atoms with van der Waals surface area (Å²) in [4.78, 5) is 1.48. The number of thiophene rings is 1. The topological polar surface area (TPSA) is 26.0 Å². The van der Waals surface area contributed by atoms with Gasteiger partial charge < -0.3 is 5.73 Å². The van der Waals surface area contributed by atoms with E-state index in [1.54, 1.807) is 12.1 Å². The van der Waals surface area contributed by atoms with Crippen molar-refractivity contribution in [3.05, 3.63) is 55.9 Å². The Hall–Kier alpha value is -0.710. The lowest BCUT2D eigenvalue weighted by atomic mass is 9.81. The Morgan fingerprint density at radius 1 is 1.40 bits per heavy atom. The number of nitrogens with two attached hydrogens (primary N) is 1. The molecule has 1 heterocycles. The van der Waals surface area contributed by atoms with E-state index < -0.39 is 0 Å². The Balaban J connectivity index is 1.81. The minimum Gasteiger partial charge on any atom is -0.327 e. The maximum absolute atomic E-state index is 13.4. The summed E-state index contributed by atoms with van der Waals surface area (Å²) in [6, 6.07) is 7.07. The van der Waals surface area contributed by atoms with E-state index in [0.717, 1.165) is 16.5 Å². The number of benzene rings is 1. The molecule has 1 aliphatic carbocycles. The molecule has 106 valence electrons. The fourth-order valence-corrected chi connectivity index (χ4v) is 4.47. The van der Waals surface area contributed by atoms with Crippen LogP contribution in [0.15, 0.2) is 34.1 Å². The first kappa shape index (κ1) is 14.2. The van der Waals surface area contributed by atoms with Gasteiger partial charge in [-0.2, -0.15) is 0 Å². The van der Waals surface area contributed by atoms with E-state index in [2.05, 4.69) is 27.4 Å². The summed E-state index contributed by atoms with van der Waals surface area (Å²) in [7, 11) is 0. The van der Waals surface area contributed by atoms with E-state index >= 15 is 0 Å². The van der Waals surface area contributed by atoms with Gasteiger partial charge in [0.05, 0.1) is 0 Å². The van der Waals surface area contributed by atoms with Crippen molar-refractivity contribution >= 4 is 27.3 Å². The van der Waals surface area contributed by atoms with Gasteiger partial charge in [-0.15, -0.1) is 11.3 Å². The summed E-state index contributed by atoms with van der Waals surface area (Å²) in [6.45, 7) is 0. The lowest BCUT2D eigenvalue weighted by molar-refractivity contribution is 0.462. The first-order valence-electron chi connectivity index (χ1n) is 6.91. The number of rotatable bonds is 3. The molecule has 0 saturated heterocycles. The molecule has 2 N–H and O–H groups in total. The van der Waals surface area contributed by atoms with E-state index in [0.29, 0.717) is 12.3 Å². The minimum atomic E-state index is -0.199. The van der Waals surface area contributed by atoms with Gasteiger partial charge in [0.25, 0.3) is 0 Å². The molecule has 0 radical (unpaired) electrons. The first-order chi connectivity index (χ1) is 9.65. The molecule has 0 bridgehead atoms. The monoisotopic (exact) mass is 353 g/mol. The van der Waals surface area contributed by atoms with Crippen molar-refractivity contribution in [1.29, 1.82) is 0 Å². The zero-order valence-corrected chi connectivity index (χ0v) is 13.5. The first-order valence-corrected chi connectivity index (χ1v) is 8.58. The molecule has 2 aromatic rings. The Bertz CT molecular complexity index is 610. The average Bonchev–Trinajstić information content (AvgIpc) is 2.91. The van der Waals surface area contributed by atoms with Crippen molar-refractivity contribution < 1.29 is 4.39 Å². The largest absolute Gasteiger partial charge is 0.327 e. The van der Waals surface area contributed by atoms with Crippen molar-refractivity contribution in [1.82, 2.24) is 0 Å². The summed E-state index contributed by atoms with van der Waals surface area (Å²) in [6.07, 6.45) is 4.23. The zero-order chi connectivity index (χ0) is 14.1. The van der Waals surface area contributed by atoms with Crippen LogP contribution < -0.4 is 5.73 Å². The van der Waals surface area contributed by atoms with Crippen LogP contribution in [0.2, 0.25) is 0 Å². The Morgan fingerprint density at radius 3 is 3.10 bits per heavy atom. The van der Waals surface area contributed by atoms with Gasteiger partial charge in [0.1, 0.15) is 5.82 Å². The van der Waals surface area contributed by atoms with Crippen LogP contribution >= 0.6 is 27.3 Å². The van der Waals surface area contributed by atoms with Gasteiger partial charge in [-0.05, 0) is 66.5 Å². The summed E-state index contributed by atoms with van der Waals surface area (Å²) in [5.74, 6) is 0.204. The van der Waals surface area contributed by atoms with Crippen molar-refractivity contribution in [2.75, 3.05) is 0 Å². The van der Waals surface area contributed by atoms with Gasteiger partial charge in [0.15, 0.2) is 0 Å². The molecule has 0 saturated carbocycles. The number of hydrogen-bond acceptors (Lipinski definition) is 2. The van der Waals surface area contributed by atoms with Crippen LogP contribution in [0.25, 0.3) is 0 Å². The third kappa shape index (κ3) is 2.83. The van der Waals surface area contributed by atoms with E-state index in [1.165, 1.54) is 29.3 Å². The molecule has 0 aliphatic heterocycles. The van der Waals surface area contributed by atoms with Gasteiger partial charge in [0.2, 0.25) is 0 Å². The lowest BCUT2D eigenvalue weighted by Gasteiger charge is -2.28. The fraction of sp³-hybridized carbons (Fsp3) is 0.375. The molecule has 2 atom stereocenters. The number of hydrogen-bond donors (Lipinski definition) is 1. The van der Waals surface area contributed by atoms with Crippen molar-refractivity contribution in [3.63, 3.8) is 0 Å².